The Morgan fingerprint density at radius 1 is 1.06 bits per heavy atom. The fraction of sp³-hybridized carbons (Fsp3) is 0.929. The topological polar surface area (TPSA) is 20.3 Å². The Balaban J connectivity index is 1.67. The van der Waals surface area contributed by atoms with Crippen LogP contribution in [0.25, 0.3) is 0 Å². The Kier molecular flexibility index (Phi) is 0.192. The van der Waals surface area contributed by atoms with E-state index in [1.165, 1.54) is 40.3 Å². The van der Waals surface area contributed by atoms with E-state index in [1.54, 1.807) is 6.29 Å². The summed E-state index contributed by atoms with van der Waals surface area (Å²) in [5.41, 5.74) is 0. The van der Waals surface area contributed by atoms with E-state index in [1.807, 2.05) is 0 Å². The van der Waals surface area contributed by atoms with Crippen LogP contribution in [0.5, 0.6) is 0 Å². The average Bonchev–Trinajstić information content (AvgIpc) is 3.23. The molecule has 10 heterocycles. The first kappa shape index (κ1) is 6.54. The van der Waals surface area contributed by atoms with E-state index in [0.717, 1.165) is 9.13 Å². The summed E-state index contributed by atoms with van der Waals surface area (Å²) in [6.45, 7) is -1.90. The molecule has 1 spiro atoms. The Bertz CT molecular complexity index is 984. The first-order valence-electron chi connectivity index (χ1n) is 7.24. The van der Waals surface area contributed by atoms with Gasteiger partial charge in [-0.1, -0.05) is 0 Å². The third kappa shape index (κ3) is 0.0585. The molecule has 0 N–H and O–H groups in total. The minimum atomic E-state index is -3.22. The zero-order chi connectivity index (χ0) is 10.9. The van der Waals surface area contributed by atoms with Gasteiger partial charge >= 0.3 is 90.3 Å². The summed E-state index contributed by atoms with van der Waals surface area (Å²) < 4.78 is 1.16. The molecule has 0 radical (unpaired) electrons. The Morgan fingerprint density at radius 2 is 1.65 bits per heavy atom. The molecule has 10 fully saturated rings. The summed E-state index contributed by atoms with van der Waals surface area (Å²) >= 11 is 0. The predicted octanol–water partition coefficient (Wildman–Crippen LogP) is 2.88. The zero-order valence-electron chi connectivity index (χ0n) is 10.1. The van der Waals surface area contributed by atoms with Crippen molar-refractivity contribution in [2.45, 2.75) is 47.2 Å². The number of aldehydes is 1. The maximum atomic E-state index is 12.2. The van der Waals surface area contributed by atoms with E-state index in [4.69, 9.17) is 0 Å². The summed E-state index contributed by atoms with van der Waals surface area (Å²) in [5.74, 6) is 0. The van der Waals surface area contributed by atoms with Crippen molar-refractivity contribution in [3.63, 3.8) is 0 Å². The van der Waals surface area contributed by atoms with Crippen molar-refractivity contribution in [2.24, 2.45) is 0 Å². The number of nitrogens with zero attached hydrogens (tertiary/aromatic N) is 1. The standard InChI is InChI=1S/C9H12NO.C5H5.Fe/c1-10(2)6-8-4-3-5-9(8)7-11;1-2-4-5-3-1;/h3-5,7H,6H2,1-2H3;1-5H;. The van der Waals surface area contributed by atoms with Crippen LogP contribution in [0.1, 0.15) is 0 Å². The van der Waals surface area contributed by atoms with Crippen molar-refractivity contribution in [1.82, 2.24) is 4.90 Å². The molecule has 10 aliphatic heterocycles. The maximum absolute atomic E-state index is 12.2. The second-order valence-corrected chi connectivity index (χ2v) is 34.7. The molecule has 92 valence electrons. The number of carbonyl (C=O) groups is 1. The molecule has 3 heteroatoms. The van der Waals surface area contributed by atoms with Crippen LogP contribution in [0.3, 0.4) is 0 Å². The summed E-state index contributed by atoms with van der Waals surface area (Å²) in [5, 5.41) is 0. The van der Waals surface area contributed by atoms with Crippen molar-refractivity contribution in [1.29, 1.82) is 0 Å². The molecule has 17 heavy (non-hydrogen) atoms. The summed E-state index contributed by atoms with van der Waals surface area (Å²) in [4.78, 5) is 24.6. The molecule has 0 saturated carbocycles. The van der Waals surface area contributed by atoms with Crippen molar-refractivity contribution < 1.29 is 11.3 Å². The molecule has 0 aromatic carbocycles. The van der Waals surface area contributed by atoms with E-state index in [-0.39, 0.29) is 0 Å². The summed E-state index contributed by atoms with van der Waals surface area (Å²) in [6, 6.07) is 0. The van der Waals surface area contributed by atoms with Crippen LogP contribution in [0.2, 0.25) is 47.2 Å². The van der Waals surface area contributed by atoms with Gasteiger partial charge in [-0.05, 0) is 0 Å². The molecule has 10 aliphatic rings. The van der Waals surface area contributed by atoms with Crippen molar-refractivity contribution in [3.8, 4) is 0 Å². The Hall–Kier alpha value is 0.149. The zero-order valence-corrected chi connectivity index (χ0v) is 11.2. The molecule has 10 saturated heterocycles. The van der Waals surface area contributed by atoms with E-state index >= 15 is 0 Å². The molecule has 0 aliphatic carbocycles. The molecule has 10 rings (SSSR count). The average molecular weight is 271 g/mol. The van der Waals surface area contributed by atoms with Crippen molar-refractivity contribution in [3.05, 3.63) is 0 Å². The van der Waals surface area contributed by atoms with Gasteiger partial charge in [0.2, 0.25) is 0 Å². The van der Waals surface area contributed by atoms with Crippen LogP contribution in [-0.4, -0.2) is 31.8 Å². The van der Waals surface area contributed by atoms with Crippen LogP contribution in [0.15, 0.2) is 0 Å². The van der Waals surface area contributed by atoms with E-state index in [9.17, 15) is 4.79 Å². The van der Waals surface area contributed by atoms with Gasteiger partial charge in [0.1, 0.15) is 0 Å². The minimum absolute atomic E-state index is 0.441. The number of rotatable bonds is 3. The molecule has 2 nitrogen and oxygen atoms in total. The first-order chi connectivity index (χ1) is 7.91. The second kappa shape index (κ2) is 0.499. The number of fused-ring (bicyclic) bond motifs is 10. The quantitative estimate of drug-likeness (QED) is 0.581. The van der Waals surface area contributed by atoms with Crippen LogP contribution in [0.4, 0.5) is 0 Å². The summed E-state index contributed by atoms with van der Waals surface area (Å²) in [6.07, 6.45) is 1.61. The van der Waals surface area contributed by atoms with Gasteiger partial charge in [-0.3, -0.25) is 0 Å². The molecule has 0 aromatic rings. The van der Waals surface area contributed by atoms with E-state index < -0.39 is 6.51 Å². The number of carbonyl (C=O) groups excluding carboxylic acids is 1. The fourth-order valence-corrected chi connectivity index (χ4v) is 94.4. The molecule has 0 amide bonds. The molecular formula is C14H17FeNO. The molecule has 5 atom stereocenters. The van der Waals surface area contributed by atoms with Gasteiger partial charge in [0.15, 0.2) is 0 Å². The van der Waals surface area contributed by atoms with Crippen LogP contribution < -0.4 is 0 Å². The second-order valence-electron chi connectivity index (χ2n) is 11.3. The van der Waals surface area contributed by atoms with Crippen LogP contribution >= 0.6 is 0 Å². The molecular weight excluding hydrogens is 254 g/mol. The van der Waals surface area contributed by atoms with Gasteiger partial charge in [0.25, 0.3) is 0 Å². The predicted molar refractivity (Wildman–Crippen MR) is 60.0 cm³/mol. The van der Waals surface area contributed by atoms with Gasteiger partial charge in [0.05, 0.1) is 0 Å². The van der Waals surface area contributed by atoms with E-state index in [2.05, 4.69) is 19.0 Å². The van der Waals surface area contributed by atoms with Crippen LogP contribution in [0, 0.1) is 0 Å². The third-order valence-electron chi connectivity index (χ3n) is 16.0. The van der Waals surface area contributed by atoms with Gasteiger partial charge in [-0.25, -0.2) is 0 Å². The van der Waals surface area contributed by atoms with E-state index in [0.29, 0.717) is 4.31 Å². The third-order valence-corrected chi connectivity index (χ3v) is 59.5. The number of hydrogen-bond donors (Lipinski definition) is 0. The fourth-order valence-electron chi connectivity index (χ4n) is 18.4. The molecule has 0 bridgehead atoms. The van der Waals surface area contributed by atoms with Crippen LogP contribution in [-0.2, 0) is 11.3 Å². The van der Waals surface area contributed by atoms with Gasteiger partial charge < -0.3 is 0 Å². The van der Waals surface area contributed by atoms with Crippen molar-refractivity contribution in [2.75, 3.05) is 20.6 Å². The molecule has 0 aromatic heterocycles. The Labute approximate surface area is 90.4 Å². The molecule has 5 unspecified atom stereocenters. The Morgan fingerprint density at radius 3 is 1.94 bits per heavy atom. The monoisotopic (exact) mass is 271 g/mol. The normalized spacial score (nSPS) is 124. The SMILES string of the molecule is CN(C)C[C]12[CH]3[CH]4[CH]5[C]1(C=O)[Fe]45321678[CH]2[CH]1[CH]6[CH]7[CH]28. The number of hydrogen-bond acceptors (Lipinski definition) is 2. The summed E-state index contributed by atoms with van der Waals surface area (Å²) in [7, 11) is 4.51. The van der Waals surface area contributed by atoms with Gasteiger partial charge in [-0.15, -0.1) is 0 Å². The first-order valence-corrected chi connectivity index (χ1v) is 13.4. The van der Waals surface area contributed by atoms with Crippen molar-refractivity contribution >= 4 is 6.29 Å². The van der Waals surface area contributed by atoms with Gasteiger partial charge in [-0.2, -0.15) is 0 Å². The van der Waals surface area contributed by atoms with Gasteiger partial charge in [0, 0.05) is 0 Å².